The Morgan fingerprint density at radius 1 is 1.39 bits per heavy atom. The Morgan fingerprint density at radius 3 is 2.74 bits per heavy atom. The van der Waals surface area contributed by atoms with Crippen LogP contribution in [-0.2, 0) is 14.8 Å². The van der Waals surface area contributed by atoms with Crippen LogP contribution in [0.1, 0.15) is 42.4 Å². The molecule has 1 aromatic rings. The first-order valence-electron chi connectivity index (χ1n) is 7.62. The molecule has 9 heteroatoms. The molecule has 4 atom stereocenters. The molecule has 1 amide bonds. The average Bonchev–Trinajstić information content (AvgIpc) is 3.08. The van der Waals surface area contributed by atoms with E-state index in [-0.39, 0.29) is 35.6 Å². The van der Waals surface area contributed by atoms with Gasteiger partial charge < -0.3 is 14.6 Å². The largest absolute Gasteiger partial charge is 0.376 e. The second kappa shape index (κ2) is 5.88. The summed E-state index contributed by atoms with van der Waals surface area (Å²) in [7, 11) is -3.38. The molecule has 0 aromatic carbocycles. The van der Waals surface area contributed by atoms with Gasteiger partial charge in [-0.25, -0.2) is 13.1 Å². The van der Waals surface area contributed by atoms with E-state index in [1.165, 1.54) is 0 Å². The summed E-state index contributed by atoms with van der Waals surface area (Å²) in [5.74, 6) is 0.530. The van der Waals surface area contributed by atoms with Crippen LogP contribution in [0.5, 0.6) is 0 Å². The van der Waals surface area contributed by atoms with Crippen LogP contribution in [0.4, 0.5) is 0 Å². The molecule has 8 nitrogen and oxygen atoms in total. The summed E-state index contributed by atoms with van der Waals surface area (Å²) in [6.45, 7) is 4.46. The number of ether oxygens (including phenoxy) is 1. The normalized spacial score (nSPS) is 30.1. The molecule has 1 aliphatic heterocycles. The van der Waals surface area contributed by atoms with Crippen molar-refractivity contribution in [3.05, 3.63) is 17.5 Å². The maximum absolute atomic E-state index is 12.3. The van der Waals surface area contributed by atoms with Crippen molar-refractivity contribution in [3.63, 3.8) is 0 Å². The third-order valence-corrected chi connectivity index (χ3v) is 5.06. The number of amides is 1. The lowest BCUT2D eigenvalue weighted by Crippen LogP contribution is -2.70. The Kier molecular flexibility index (Phi) is 4.19. The molecule has 2 fully saturated rings. The van der Waals surface area contributed by atoms with E-state index in [9.17, 15) is 13.2 Å². The third kappa shape index (κ3) is 3.26. The lowest BCUT2D eigenvalue weighted by molar-refractivity contribution is -0.0195. The topological polar surface area (TPSA) is 111 Å². The molecule has 23 heavy (non-hydrogen) atoms. The van der Waals surface area contributed by atoms with E-state index in [1.54, 1.807) is 6.07 Å². The molecule has 3 rings (SSSR count). The van der Waals surface area contributed by atoms with Crippen LogP contribution >= 0.6 is 0 Å². The van der Waals surface area contributed by atoms with Crippen molar-refractivity contribution in [2.75, 3.05) is 12.9 Å². The van der Waals surface area contributed by atoms with Crippen molar-refractivity contribution >= 4 is 15.9 Å². The number of nitrogens with zero attached hydrogens (tertiary/aromatic N) is 1. The first-order chi connectivity index (χ1) is 10.8. The lowest BCUT2D eigenvalue weighted by Gasteiger charge is -2.47. The molecule has 2 aliphatic rings. The van der Waals surface area contributed by atoms with Gasteiger partial charge in [-0.05, 0) is 6.42 Å². The number of carbonyl (C=O) groups excluding carboxylic acids is 1. The zero-order chi connectivity index (χ0) is 16.8. The van der Waals surface area contributed by atoms with Crippen molar-refractivity contribution in [1.29, 1.82) is 0 Å². The van der Waals surface area contributed by atoms with E-state index in [0.29, 0.717) is 12.4 Å². The smallest absolute Gasteiger partial charge is 0.273 e. The highest BCUT2D eigenvalue weighted by molar-refractivity contribution is 7.88. The zero-order valence-electron chi connectivity index (χ0n) is 13.3. The summed E-state index contributed by atoms with van der Waals surface area (Å²) in [5.41, 5.74) is 0.203. The third-order valence-electron chi connectivity index (χ3n) is 4.36. The van der Waals surface area contributed by atoms with E-state index in [1.807, 2.05) is 13.8 Å². The van der Waals surface area contributed by atoms with Gasteiger partial charge in [-0.15, -0.1) is 0 Å². The van der Waals surface area contributed by atoms with Crippen LogP contribution in [0.2, 0.25) is 0 Å². The lowest BCUT2D eigenvalue weighted by atomic mass is 9.72. The van der Waals surface area contributed by atoms with Gasteiger partial charge in [0.15, 0.2) is 5.69 Å². The van der Waals surface area contributed by atoms with Crippen molar-refractivity contribution in [1.82, 2.24) is 15.2 Å². The van der Waals surface area contributed by atoms with Crippen LogP contribution in [-0.4, -0.2) is 50.5 Å². The van der Waals surface area contributed by atoms with Gasteiger partial charge in [-0.1, -0.05) is 19.0 Å². The van der Waals surface area contributed by atoms with Crippen LogP contribution in [0.3, 0.4) is 0 Å². The average molecular weight is 343 g/mol. The van der Waals surface area contributed by atoms with E-state index in [2.05, 4.69) is 15.2 Å². The van der Waals surface area contributed by atoms with Crippen LogP contribution in [0.15, 0.2) is 10.6 Å². The Bertz CT molecular complexity index is 699. The van der Waals surface area contributed by atoms with Crippen LogP contribution in [0.25, 0.3) is 0 Å². The number of rotatable bonds is 5. The molecular weight excluding hydrogens is 322 g/mol. The first-order valence-corrected chi connectivity index (χ1v) is 9.52. The van der Waals surface area contributed by atoms with Crippen molar-refractivity contribution < 1.29 is 22.5 Å². The Balaban J connectivity index is 1.70. The summed E-state index contributed by atoms with van der Waals surface area (Å²) in [4.78, 5) is 12.3. The summed E-state index contributed by atoms with van der Waals surface area (Å²) < 4.78 is 36.2. The van der Waals surface area contributed by atoms with Crippen LogP contribution in [0, 0.1) is 5.92 Å². The van der Waals surface area contributed by atoms with E-state index < -0.39 is 16.1 Å². The molecule has 1 saturated heterocycles. The fourth-order valence-electron chi connectivity index (χ4n) is 3.19. The Hall–Kier alpha value is -1.45. The number of hydrogen-bond donors (Lipinski definition) is 2. The van der Waals surface area contributed by atoms with E-state index in [0.717, 1.165) is 12.7 Å². The molecular formula is C14H21N3O5S. The maximum Gasteiger partial charge on any atom is 0.273 e. The SMILES string of the molecule is CC(C)c1cc(C(=O)N[C@H]2[C@H]3CCO[C@H]3[C@@H]2NS(C)(=O)=O)no1. The molecule has 0 radical (unpaired) electrons. The van der Waals surface area contributed by atoms with E-state index >= 15 is 0 Å². The zero-order valence-corrected chi connectivity index (χ0v) is 14.1. The monoisotopic (exact) mass is 343 g/mol. The molecule has 1 aromatic heterocycles. The fourth-order valence-corrected chi connectivity index (χ4v) is 3.96. The first kappa shape index (κ1) is 16.4. The number of hydrogen-bond acceptors (Lipinski definition) is 6. The predicted molar refractivity (Wildman–Crippen MR) is 81.5 cm³/mol. The predicted octanol–water partition coefficient (Wildman–Crippen LogP) is 0.233. The molecule has 2 N–H and O–H groups in total. The molecule has 0 unspecified atom stereocenters. The number of fused-ring (bicyclic) bond motifs is 1. The second-order valence-electron chi connectivity index (χ2n) is 6.47. The van der Waals surface area contributed by atoms with Crippen molar-refractivity contribution in [2.45, 2.75) is 44.4 Å². The molecule has 1 saturated carbocycles. The van der Waals surface area contributed by atoms with Gasteiger partial charge in [0.25, 0.3) is 5.91 Å². The van der Waals surface area contributed by atoms with Crippen LogP contribution < -0.4 is 10.0 Å². The van der Waals surface area contributed by atoms with Gasteiger partial charge in [0.1, 0.15) is 5.76 Å². The van der Waals surface area contributed by atoms with E-state index in [4.69, 9.17) is 9.26 Å². The van der Waals surface area contributed by atoms with Crippen molar-refractivity contribution in [3.8, 4) is 0 Å². The minimum Gasteiger partial charge on any atom is -0.376 e. The highest BCUT2D eigenvalue weighted by Crippen LogP contribution is 2.39. The minimum absolute atomic E-state index is 0.120. The molecule has 2 heterocycles. The Morgan fingerprint density at radius 2 is 2.13 bits per heavy atom. The molecule has 0 spiro atoms. The van der Waals surface area contributed by atoms with Gasteiger partial charge in [0, 0.05) is 24.5 Å². The number of sulfonamides is 1. The van der Waals surface area contributed by atoms with Gasteiger partial charge >= 0.3 is 0 Å². The maximum atomic E-state index is 12.3. The number of carbonyl (C=O) groups is 1. The summed E-state index contributed by atoms with van der Waals surface area (Å²) in [5, 5.41) is 6.64. The number of nitrogens with one attached hydrogen (secondary N) is 2. The molecule has 128 valence electrons. The van der Waals surface area contributed by atoms with Crippen molar-refractivity contribution in [2.24, 2.45) is 5.92 Å². The molecule has 1 aliphatic carbocycles. The fraction of sp³-hybridized carbons (Fsp3) is 0.714. The van der Waals surface area contributed by atoms with Gasteiger partial charge in [0.2, 0.25) is 10.0 Å². The second-order valence-corrected chi connectivity index (χ2v) is 8.25. The summed E-state index contributed by atoms with van der Waals surface area (Å²) >= 11 is 0. The highest BCUT2D eigenvalue weighted by atomic mass is 32.2. The Labute approximate surface area is 135 Å². The van der Waals surface area contributed by atoms with Gasteiger partial charge in [-0.3, -0.25) is 4.79 Å². The number of aromatic nitrogens is 1. The standard InChI is InChI=1S/C14H21N3O5S/c1-7(2)10-6-9(16-22-10)14(18)15-11-8-4-5-21-13(8)12(11)17-23(3,19)20/h6-8,11-13,17H,4-5H2,1-3H3,(H,15,18)/t8-,11+,12-,13-/m1/s1. The summed E-state index contributed by atoms with van der Waals surface area (Å²) in [6.07, 6.45) is 1.72. The van der Waals surface area contributed by atoms with Gasteiger partial charge in [-0.2, -0.15) is 0 Å². The van der Waals surface area contributed by atoms with Gasteiger partial charge in [0.05, 0.1) is 24.4 Å². The highest BCUT2D eigenvalue weighted by Gasteiger charge is 2.55. The summed E-state index contributed by atoms with van der Waals surface area (Å²) in [6, 6.07) is 0.863. The molecule has 0 bridgehead atoms. The quantitative estimate of drug-likeness (QED) is 0.792. The minimum atomic E-state index is -3.38.